The summed E-state index contributed by atoms with van der Waals surface area (Å²) in [5, 5.41) is 13.3. The normalized spacial score (nSPS) is 30.5. The molecule has 1 aromatic carbocycles. The molecule has 4 rings (SSSR count). The fourth-order valence-corrected chi connectivity index (χ4v) is 4.32. The van der Waals surface area contributed by atoms with Gasteiger partial charge in [-0.15, -0.1) is 0 Å². The van der Waals surface area contributed by atoms with Crippen molar-refractivity contribution in [2.24, 2.45) is 0 Å². The number of para-hydroxylation sites is 1. The molecular formula is C18H25N3O3. The van der Waals surface area contributed by atoms with Crippen LogP contribution in [0.15, 0.2) is 30.3 Å². The number of anilines is 1. The second-order valence-corrected chi connectivity index (χ2v) is 6.99. The third kappa shape index (κ3) is 2.59. The van der Waals surface area contributed by atoms with E-state index in [2.05, 4.69) is 27.2 Å². The molecule has 24 heavy (non-hydrogen) atoms. The lowest BCUT2D eigenvalue weighted by atomic mass is 9.84. The molecule has 6 heteroatoms. The number of amides is 1. The SMILES string of the molecule is O=C1NCN(c2ccccc2)C12CCN([C@@H]1COCC[C@H]1O)CC2. The van der Waals surface area contributed by atoms with E-state index >= 15 is 0 Å². The van der Waals surface area contributed by atoms with Crippen LogP contribution in [0.4, 0.5) is 5.69 Å². The third-order valence-electron chi connectivity index (χ3n) is 5.79. The van der Waals surface area contributed by atoms with Crippen molar-refractivity contribution in [3.05, 3.63) is 30.3 Å². The van der Waals surface area contributed by atoms with E-state index in [1.54, 1.807) is 0 Å². The minimum absolute atomic E-state index is 0.0609. The first-order chi connectivity index (χ1) is 11.7. The summed E-state index contributed by atoms with van der Waals surface area (Å²) < 4.78 is 5.54. The Morgan fingerprint density at radius 2 is 1.96 bits per heavy atom. The van der Waals surface area contributed by atoms with Gasteiger partial charge in [0.1, 0.15) is 5.54 Å². The van der Waals surface area contributed by atoms with Crippen LogP contribution in [0.3, 0.4) is 0 Å². The largest absolute Gasteiger partial charge is 0.391 e. The van der Waals surface area contributed by atoms with E-state index in [0.717, 1.165) is 31.6 Å². The van der Waals surface area contributed by atoms with Crippen LogP contribution in [-0.2, 0) is 9.53 Å². The van der Waals surface area contributed by atoms with Gasteiger partial charge < -0.3 is 20.1 Å². The minimum Gasteiger partial charge on any atom is -0.391 e. The first-order valence-electron chi connectivity index (χ1n) is 8.81. The first-order valence-corrected chi connectivity index (χ1v) is 8.81. The van der Waals surface area contributed by atoms with Gasteiger partial charge in [0.25, 0.3) is 0 Å². The van der Waals surface area contributed by atoms with Crippen molar-refractivity contribution in [1.29, 1.82) is 0 Å². The molecule has 3 saturated heterocycles. The maximum atomic E-state index is 12.6. The molecule has 0 unspecified atom stereocenters. The van der Waals surface area contributed by atoms with Crippen molar-refractivity contribution in [3.63, 3.8) is 0 Å². The highest BCUT2D eigenvalue weighted by Gasteiger charge is 2.51. The van der Waals surface area contributed by atoms with Gasteiger partial charge in [-0.25, -0.2) is 0 Å². The van der Waals surface area contributed by atoms with Gasteiger partial charge in [-0.2, -0.15) is 0 Å². The van der Waals surface area contributed by atoms with Crippen LogP contribution in [0, 0.1) is 0 Å². The number of hydrogen-bond acceptors (Lipinski definition) is 5. The lowest BCUT2D eigenvalue weighted by molar-refractivity contribution is -0.126. The van der Waals surface area contributed by atoms with Crippen LogP contribution in [0.2, 0.25) is 0 Å². The summed E-state index contributed by atoms with van der Waals surface area (Å²) in [4.78, 5) is 17.1. The van der Waals surface area contributed by atoms with E-state index in [1.807, 2.05) is 18.2 Å². The molecule has 3 heterocycles. The van der Waals surface area contributed by atoms with E-state index < -0.39 is 5.54 Å². The van der Waals surface area contributed by atoms with Crippen molar-refractivity contribution < 1.29 is 14.6 Å². The predicted octanol–water partition coefficient (Wildman–Crippen LogP) is 0.565. The summed E-state index contributed by atoms with van der Waals surface area (Å²) >= 11 is 0. The molecule has 0 bridgehead atoms. The van der Waals surface area contributed by atoms with Gasteiger partial charge in [0.15, 0.2) is 0 Å². The Kier molecular flexibility index (Phi) is 4.20. The Hall–Kier alpha value is -1.63. The van der Waals surface area contributed by atoms with Crippen molar-refractivity contribution in [1.82, 2.24) is 10.2 Å². The molecule has 130 valence electrons. The van der Waals surface area contributed by atoms with Gasteiger partial charge in [-0.3, -0.25) is 9.69 Å². The number of benzene rings is 1. The highest BCUT2D eigenvalue weighted by atomic mass is 16.5. The quantitative estimate of drug-likeness (QED) is 0.829. The second kappa shape index (κ2) is 6.35. The van der Waals surface area contributed by atoms with Gasteiger partial charge in [-0.1, -0.05) is 18.2 Å². The van der Waals surface area contributed by atoms with Crippen molar-refractivity contribution in [2.75, 3.05) is 37.9 Å². The molecule has 0 aromatic heterocycles. The Bertz CT molecular complexity index is 586. The van der Waals surface area contributed by atoms with E-state index in [1.165, 1.54) is 0 Å². The van der Waals surface area contributed by atoms with Gasteiger partial charge >= 0.3 is 0 Å². The van der Waals surface area contributed by atoms with E-state index in [-0.39, 0.29) is 18.1 Å². The number of nitrogens with one attached hydrogen (secondary N) is 1. The average molecular weight is 331 g/mol. The standard InChI is InChI=1S/C18H25N3O3/c22-16-6-11-24-12-15(16)20-9-7-18(8-10-20)17(23)19-13-21(18)14-4-2-1-3-5-14/h1-5,15-16,22H,6-13H2,(H,19,23)/t15-,16-/m1/s1. The summed E-state index contributed by atoms with van der Waals surface area (Å²) in [6.07, 6.45) is 1.92. The smallest absolute Gasteiger partial charge is 0.247 e. The Labute approximate surface area is 142 Å². The molecule has 1 aromatic rings. The van der Waals surface area contributed by atoms with Crippen LogP contribution in [0.1, 0.15) is 19.3 Å². The number of rotatable bonds is 2. The number of carbonyl (C=O) groups is 1. The Morgan fingerprint density at radius 3 is 2.67 bits per heavy atom. The number of ether oxygens (including phenoxy) is 1. The minimum atomic E-state index is -0.460. The molecule has 0 radical (unpaired) electrons. The molecule has 0 aliphatic carbocycles. The summed E-state index contributed by atoms with van der Waals surface area (Å²) in [5.41, 5.74) is 0.628. The molecule has 0 saturated carbocycles. The van der Waals surface area contributed by atoms with Crippen molar-refractivity contribution in [3.8, 4) is 0 Å². The maximum absolute atomic E-state index is 12.6. The van der Waals surface area contributed by atoms with Crippen LogP contribution in [0.5, 0.6) is 0 Å². The maximum Gasteiger partial charge on any atom is 0.247 e. The average Bonchev–Trinajstić information content (AvgIpc) is 2.93. The summed E-state index contributed by atoms with van der Waals surface area (Å²) in [7, 11) is 0. The Morgan fingerprint density at radius 1 is 1.21 bits per heavy atom. The molecule has 2 atom stereocenters. The van der Waals surface area contributed by atoms with E-state index in [4.69, 9.17) is 4.74 Å². The lowest BCUT2D eigenvalue weighted by Crippen LogP contribution is -2.60. The molecular weight excluding hydrogens is 306 g/mol. The van der Waals surface area contributed by atoms with Gasteiger partial charge in [0, 0.05) is 25.4 Å². The topological polar surface area (TPSA) is 65.0 Å². The highest BCUT2D eigenvalue weighted by molar-refractivity contribution is 5.93. The fourth-order valence-electron chi connectivity index (χ4n) is 4.32. The van der Waals surface area contributed by atoms with Crippen molar-refractivity contribution >= 4 is 11.6 Å². The zero-order valence-electron chi connectivity index (χ0n) is 13.9. The molecule has 1 amide bonds. The molecule has 3 aliphatic heterocycles. The van der Waals surface area contributed by atoms with Crippen LogP contribution in [0.25, 0.3) is 0 Å². The monoisotopic (exact) mass is 331 g/mol. The van der Waals surface area contributed by atoms with E-state index in [0.29, 0.717) is 26.3 Å². The third-order valence-corrected chi connectivity index (χ3v) is 5.79. The molecule has 1 spiro atoms. The molecule has 3 fully saturated rings. The summed E-state index contributed by atoms with van der Waals surface area (Å²) in [6.45, 7) is 3.41. The van der Waals surface area contributed by atoms with Crippen LogP contribution < -0.4 is 10.2 Å². The number of hydrogen-bond donors (Lipinski definition) is 2. The second-order valence-electron chi connectivity index (χ2n) is 6.99. The molecule has 2 N–H and O–H groups in total. The van der Waals surface area contributed by atoms with Gasteiger partial charge in [0.05, 0.1) is 25.4 Å². The molecule has 3 aliphatic rings. The van der Waals surface area contributed by atoms with Gasteiger partial charge in [-0.05, 0) is 31.4 Å². The summed E-state index contributed by atoms with van der Waals surface area (Å²) in [6, 6.07) is 10.2. The highest BCUT2D eigenvalue weighted by Crippen LogP contribution is 2.37. The van der Waals surface area contributed by atoms with Crippen molar-refractivity contribution in [2.45, 2.75) is 36.9 Å². The summed E-state index contributed by atoms with van der Waals surface area (Å²) in [5.74, 6) is 0.131. The number of aliphatic hydroxyl groups excluding tert-OH is 1. The van der Waals surface area contributed by atoms with Crippen LogP contribution >= 0.6 is 0 Å². The Balaban J connectivity index is 1.50. The first kappa shape index (κ1) is 15.9. The number of likely N-dealkylation sites (tertiary alicyclic amines) is 1. The lowest BCUT2D eigenvalue weighted by Gasteiger charge is -2.47. The molecule has 6 nitrogen and oxygen atoms in total. The number of aliphatic hydroxyl groups is 1. The number of piperidine rings is 1. The predicted molar refractivity (Wildman–Crippen MR) is 90.7 cm³/mol. The zero-order valence-corrected chi connectivity index (χ0v) is 13.9. The van der Waals surface area contributed by atoms with Crippen LogP contribution in [-0.4, -0.2) is 66.6 Å². The number of nitrogens with zero attached hydrogens (tertiary/aromatic N) is 2. The number of carbonyl (C=O) groups excluding carboxylic acids is 1. The fraction of sp³-hybridized carbons (Fsp3) is 0.611. The zero-order chi connectivity index (χ0) is 16.6. The van der Waals surface area contributed by atoms with Gasteiger partial charge in [0.2, 0.25) is 5.91 Å². The van der Waals surface area contributed by atoms with E-state index in [9.17, 15) is 9.90 Å².